The zero-order valence-corrected chi connectivity index (χ0v) is 26.5. The first-order valence-electron chi connectivity index (χ1n) is 15.9. The molecule has 0 radical (unpaired) electrons. The molecule has 0 aliphatic rings. The highest BCUT2D eigenvalue weighted by Gasteiger charge is 2.15. The number of carboxylic acids is 1. The van der Waals surface area contributed by atoms with E-state index in [0.717, 1.165) is 56.4 Å². The number of benzene rings is 6. The Morgan fingerprint density at radius 3 is 1.23 bits per heavy atom. The fraction of sp³-hybridized carbons (Fsp3) is 0.0952. The zero-order chi connectivity index (χ0) is 33.1. The summed E-state index contributed by atoms with van der Waals surface area (Å²) in [6.45, 7) is 0.846. The molecule has 0 aromatic heterocycles. The summed E-state index contributed by atoms with van der Waals surface area (Å²) >= 11 is 0. The minimum absolute atomic E-state index is 0.113. The molecule has 6 rings (SSSR count). The predicted octanol–water partition coefficient (Wildman–Crippen LogP) is 10.0. The minimum atomic E-state index is -0.793. The molecule has 0 heterocycles. The largest absolute Gasteiger partial charge is 0.481 e. The van der Waals surface area contributed by atoms with Gasteiger partial charge < -0.3 is 19.6 Å². The van der Waals surface area contributed by atoms with Crippen LogP contribution in [0.3, 0.4) is 0 Å². The quantitative estimate of drug-likeness (QED) is 0.0952. The Hall–Kier alpha value is -6.14. The summed E-state index contributed by atoms with van der Waals surface area (Å²) in [5, 5.41) is 9.07. The third-order valence-corrected chi connectivity index (χ3v) is 8.21. The van der Waals surface area contributed by atoms with Gasteiger partial charge in [0.2, 0.25) is 0 Å². The highest BCUT2D eigenvalue weighted by molar-refractivity contribution is 5.80. The highest BCUT2D eigenvalue weighted by atomic mass is 16.5. The van der Waals surface area contributed by atoms with Crippen molar-refractivity contribution in [3.8, 4) is 11.1 Å². The van der Waals surface area contributed by atoms with Gasteiger partial charge in [-0.2, -0.15) is 0 Å². The van der Waals surface area contributed by atoms with Crippen molar-refractivity contribution in [2.75, 3.05) is 16.4 Å². The molecular formula is C42H36N2O4. The van der Waals surface area contributed by atoms with E-state index in [-0.39, 0.29) is 6.42 Å². The fourth-order valence-electron chi connectivity index (χ4n) is 5.75. The maximum atomic E-state index is 11.0. The number of hydrogen-bond acceptors (Lipinski definition) is 5. The summed E-state index contributed by atoms with van der Waals surface area (Å²) in [6, 6.07) is 54.1. The van der Waals surface area contributed by atoms with E-state index in [1.807, 2.05) is 60.7 Å². The van der Waals surface area contributed by atoms with E-state index in [1.54, 1.807) is 0 Å². The second-order valence-electron chi connectivity index (χ2n) is 11.4. The molecule has 1 N–H and O–H groups in total. The van der Waals surface area contributed by atoms with Gasteiger partial charge in [-0.15, -0.1) is 0 Å². The van der Waals surface area contributed by atoms with Crippen LogP contribution in [-0.2, 0) is 27.2 Å². The SMILES string of the molecule is O=COCCc1ccc(N(c2ccccc2)c2ccc(-c3ccc(N(c4ccccc4)c4ccc(CCC(=O)O)cc4)cc3)cc2)cc1. The summed E-state index contributed by atoms with van der Waals surface area (Å²) in [4.78, 5) is 26.0. The van der Waals surface area contributed by atoms with Crippen molar-refractivity contribution >= 4 is 46.6 Å². The van der Waals surface area contributed by atoms with E-state index in [9.17, 15) is 9.59 Å². The lowest BCUT2D eigenvalue weighted by Crippen LogP contribution is -2.10. The number of nitrogens with zero attached hydrogens (tertiary/aromatic N) is 2. The molecule has 0 aliphatic carbocycles. The van der Waals surface area contributed by atoms with Crippen LogP contribution in [0, 0.1) is 0 Å². The molecule has 0 saturated heterocycles. The van der Waals surface area contributed by atoms with E-state index in [4.69, 9.17) is 9.84 Å². The number of carbonyl (C=O) groups excluding carboxylic acids is 1. The molecule has 6 nitrogen and oxygen atoms in total. The van der Waals surface area contributed by atoms with Gasteiger partial charge in [-0.05, 0) is 101 Å². The summed E-state index contributed by atoms with van der Waals surface area (Å²) in [5.74, 6) is -0.793. The lowest BCUT2D eigenvalue weighted by molar-refractivity contribution is -0.137. The zero-order valence-electron chi connectivity index (χ0n) is 26.5. The molecule has 6 aromatic carbocycles. The van der Waals surface area contributed by atoms with Crippen LogP contribution in [0.1, 0.15) is 17.5 Å². The summed E-state index contributed by atoms with van der Waals surface area (Å²) in [5.41, 5.74) is 10.5. The molecule has 0 spiro atoms. The molecule has 0 aliphatic heterocycles. The second-order valence-corrected chi connectivity index (χ2v) is 11.4. The molecule has 0 atom stereocenters. The minimum Gasteiger partial charge on any atom is -0.481 e. The van der Waals surface area contributed by atoms with Crippen LogP contribution >= 0.6 is 0 Å². The van der Waals surface area contributed by atoms with Gasteiger partial charge in [0, 0.05) is 47.0 Å². The Morgan fingerprint density at radius 2 is 0.854 bits per heavy atom. The first kappa shape index (κ1) is 31.8. The number of carbonyl (C=O) groups is 2. The lowest BCUT2D eigenvalue weighted by atomic mass is 10.0. The van der Waals surface area contributed by atoms with Crippen LogP contribution in [0.2, 0.25) is 0 Å². The van der Waals surface area contributed by atoms with Gasteiger partial charge in [-0.1, -0.05) is 84.9 Å². The van der Waals surface area contributed by atoms with Gasteiger partial charge in [0.25, 0.3) is 6.47 Å². The molecule has 48 heavy (non-hydrogen) atoms. The maximum Gasteiger partial charge on any atom is 0.303 e. The summed E-state index contributed by atoms with van der Waals surface area (Å²) in [6.07, 6.45) is 1.28. The molecule has 0 saturated carbocycles. The number of ether oxygens (including phenoxy) is 1. The van der Waals surface area contributed by atoms with E-state index < -0.39 is 5.97 Å². The topological polar surface area (TPSA) is 70.1 Å². The molecular weight excluding hydrogens is 596 g/mol. The third-order valence-electron chi connectivity index (χ3n) is 8.21. The Labute approximate surface area is 281 Å². The van der Waals surface area contributed by atoms with Crippen LogP contribution in [0.4, 0.5) is 34.1 Å². The molecule has 0 fully saturated rings. The van der Waals surface area contributed by atoms with Gasteiger partial charge >= 0.3 is 5.97 Å². The van der Waals surface area contributed by atoms with Gasteiger partial charge in [-0.25, -0.2) is 0 Å². The number of rotatable bonds is 14. The molecule has 6 aromatic rings. The number of carboxylic acid groups (broad SMARTS) is 1. The van der Waals surface area contributed by atoms with Crippen LogP contribution in [0.5, 0.6) is 0 Å². The molecule has 0 amide bonds. The number of aliphatic carboxylic acids is 1. The van der Waals surface area contributed by atoms with Crippen molar-refractivity contribution in [2.24, 2.45) is 0 Å². The first-order valence-corrected chi connectivity index (χ1v) is 15.9. The average Bonchev–Trinajstić information content (AvgIpc) is 3.14. The highest BCUT2D eigenvalue weighted by Crippen LogP contribution is 2.38. The Kier molecular flexibility index (Phi) is 10.2. The molecule has 0 bridgehead atoms. The van der Waals surface area contributed by atoms with Crippen molar-refractivity contribution in [1.82, 2.24) is 0 Å². The van der Waals surface area contributed by atoms with E-state index in [2.05, 4.69) is 107 Å². The summed E-state index contributed by atoms with van der Waals surface area (Å²) in [7, 11) is 0. The van der Waals surface area contributed by atoms with Crippen LogP contribution in [0.25, 0.3) is 11.1 Å². The number of hydrogen-bond donors (Lipinski definition) is 1. The number of anilines is 6. The van der Waals surface area contributed by atoms with E-state index in [0.29, 0.717) is 25.9 Å². The fourth-order valence-corrected chi connectivity index (χ4v) is 5.75. The van der Waals surface area contributed by atoms with Gasteiger partial charge in [-0.3, -0.25) is 9.59 Å². The monoisotopic (exact) mass is 632 g/mol. The van der Waals surface area contributed by atoms with Crippen LogP contribution in [0.15, 0.2) is 158 Å². The third kappa shape index (κ3) is 7.80. The van der Waals surface area contributed by atoms with Gasteiger partial charge in [0.15, 0.2) is 0 Å². The average molecular weight is 633 g/mol. The van der Waals surface area contributed by atoms with Crippen molar-refractivity contribution in [2.45, 2.75) is 19.3 Å². The number of para-hydroxylation sites is 2. The van der Waals surface area contributed by atoms with E-state index >= 15 is 0 Å². The van der Waals surface area contributed by atoms with Crippen LogP contribution < -0.4 is 9.80 Å². The predicted molar refractivity (Wildman–Crippen MR) is 193 cm³/mol. The van der Waals surface area contributed by atoms with Crippen molar-refractivity contribution in [3.05, 3.63) is 169 Å². The first-order chi connectivity index (χ1) is 23.6. The molecule has 0 unspecified atom stereocenters. The van der Waals surface area contributed by atoms with Crippen molar-refractivity contribution in [1.29, 1.82) is 0 Å². The summed E-state index contributed by atoms with van der Waals surface area (Å²) < 4.78 is 4.87. The van der Waals surface area contributed by atoms with Gasteiger partial charge in [0.1, 0.15) is 0 Å². The lowest BCUT2D eigenvalue weighted by Gasteiger charge is -2.26. The van der Waals surface area contributed by atoms with Crippen molar-refractivity contribution in [3.63, 3.8) is 0 Å². The van der Waals surface area contributed by atoms with Crippen LogP contribution in [-0.4, -0.2) is 24.2 Å². The smallest absolute Gasteiger partial charge is 0.303 e. The standard InChI is InChI=1S/C42H36N2O4/c45-31-48-30-29-33-13-22-39(23-14-33)44(37-9-5-2-6-10-37)41-26-18-35(19-27-41)34-16-24-40(25-17-34)43(36-7-3-1-4-8-36)38-20-11-32(12-21-38)15-28-42(46)47/h1-14,16-27,31H,15,28-30H2,(H,46,47). The Bertz CT molecular complexity index is 1910. The van der Waals surface area contributed by atoms with Gasteiger partial charge in [0.05, 0.1) is 6.61 Å². The van der Waals surface area contributed by atoms with Crippen molar-refractivity contribution < 1.29 is 19.4 Å². The molecule has 238 valence electrons. The number of aryl methyl sites for hydroxylation is 1. The molecule has 6 heteroatoms. The normalized spacial score (nSPS) is 10.7. The Morgan fingerprint density at radius 1 is 0.500 bits per heavy atom. The second kappa shape index (κ2) is 15.4. The maximum absolute atomic E-state index is 11.0. The van der Waals surface area contributed by atoms with E-state index in [1.165, 1.54) is 0 Å². The Balaban J connectivity index is 1.25.